The Kier molecular flexibility index (Phi) is 4.54. The number of rotatable bonds is 4. The number of carboxylic acid groups (broad SMARTS) is 1. The number of anilines is 1. The van der Waals surface area contributed by atoms with Gasteiger partial charge in [0.1, 0.15) is 17.3 Å². The lowest BCUT2D eigenvalue weighted by Crippen LogP contribution is -2.33. The van der Waals surface area contributed by atoms with Crippen molar-refractivity contribution in [2.24, 2.45) is 5.92 Å². The minimum Gasteiger partial charge on any atom is -0.478 e. The molecule has 0 amide bonds. The van der Waals surface area contributed by atoms with Gasteiger partial charge < -0.3 is 15.3 Å². The van der Waals surface area contributed by atoms with E-state index in [1.807, 2.05) is 7.05 Å². The highest BCUT2D eigenvalue weighted by Gasteiger charge is 2.19. The van der Waals surface area contributed by atoms with Gasteiger partial charge in [-0.2, -0.15) is 0 Å². The van der Waals surface area contributed by atoms with Crippen molar-refractivity contribution in [1.29, 1.82) is 0 Å². The fourth-order valence-corrected chi connectivity index (χ4v) is 2.38. The Hall–Kier alpha value is -1.69. The van der Waals surface area contributed by atoms with Crippen LogP contribution in [0.3, 0.4) is 0 Å². The first-order chi connectivity index (χ1) is 9.47. The van der Waals surface area contributed by atoms with E-state index >= 15 is 0 Å². The molecule has 0 aromatic heterocycles. The molecule has 2 rings (SSSR count). The van der Waals surface area contributed by atoms with Gasteiger partial charge in [-0.25, -0.2) is 13.6 Å². The van der Waals surface area contributed by atoms with E-state index in [4.69, 9.17) is 5.11 Å². The molecule has 1 heterocycles. The molecule has 110 valence electrons. The Morgan fingerprint density at radius 1 is 1.35 bits per heavy atom. The SMILES string of the molecule is CN1CCC(CNc2c(F)cc(C(=O)O)cc2F)CC1. The van der Waals surface area contributed by atoms with E-state index in [9.17, 15) is 13.6 Å². The van der Waals surface area contributed by atoms with Crippen LogP contribution in [-0.2, 0) is 0 Å². The maximum absolute atomic E-state index is 13.7. The molecule has 0 bridgehead atoms. The summed E-state index contributed by atoms with van der Waals surface area (Å²) in [6.45, 7) is 2.46. The molecule has 0 atom stereocenters. The van der Waals surface area contributed by atoms with Crippen molar-refractivity contribution < 1.29 is 18.7 Å². The number of hydrogen-bond donors (Lipinski definition) is 2. The van der Waals surface area contributed by atoms with Gasteiger partial charge in [0.25, 0.3) is 0 Å². The molecule has 1 aromatic carbocycles. The normalized spacial score (nSPS) is 17.1. The topological polar surface area (TPSA) is 52.6 Å². The second-order valence-electron chi connectivity index (χ2n) is 5.25. The van der Waals surface area contributed by atoms with Crippen LogP contribution in [0.5, 0.6) is 0 Å². The number of halogens is 2. The Balaban J connectivity index is 2.01. The van der Waals surface area contributed by atoms with E-state index in [0.717, 1.165) is 38.1 Å². The van der Waals surface area contributed by atoms with Crippen LogP contribution in [-0.4, -0.2) is 42.7 Å². The molecule has 0 aliphatic carbocycles. The third-order valence-corrected chi connectivity index (χ3v) is 3.69. The van der Waals surface area contributed by atoms with Crippen molar-refractivity contribution >= 4 is 11.7 Å². The number of nitrogens with zero attached hydrogens (tertiary/aromatic N) is 1. The monoisotopic (exact) mass is 284 g/mol. The first-order valence-corrected chi connectivity index (χ1v) is 6.62. The van der Waals surface area contributed by atoms with E-state index in [1.165, 1.54) is 0 Å². The van der Waals surface area contributed by atoms with Crippen molar-refractivity contribution in [3.63, 3.8) is 0 Å². The Morgan fingerprint density at radius 3 is 2.40 bits per heavy atom. The average Bonchev–Trinajstić information content (AvgIpc) is 2.39. The summed E-state index contributed by atoms with van der Waals surface area (Å²) in [7, 11) is 2.05. The van der Waals surface area contributed by atoms with Crippen molar-refractivity contribution in [2.75, 3.05) is 32.0 Å². The molecule has 0 spiro atoms. The molecule has 1 aliphatic heterocycles. The summed E-state index contributed by atoms with van der Waals surface area (Å²) < 4.78 is 27.4. The van der Waals surface area contributed by atoms with Crippen LogP contribution in [0.4, 0.5) is 14.5 Å². The molecule has 1 aliphatic rings. The van der Waals surface area contributed by atoms with Gasteiger partial charge in [0.05, 0.1) is 5.56 Å². The minimum absolute atomic E-state index is 0.242. The zero-order chi connectivity index (χ0) is 14.7. The maximum Gasteiger partial charge on any atom is 0.335 e. The van der Waals surface area contributed by atoms with Gasteiger partial charge in [-0.05, 0) is 51.0 Å². The lowest BCUT2D eigenvalue weighted by molar-refractivity contribution is 0.0696. The lowest BCUT2D eigenvalue weighted by atomic mass is 9.97. The molecule has 4 nitrogen and oxygen atoms in total. The average molecular weight is 284 g/mol. The molecule has 1 fully saturated rings. The molecule has 1 aromatic rings. The first kappa shape index (κ1) is 14.7. The van der Waals surface area contributed by atoms with E-state index < -0.39 is 17.6 Å². The highest BCUT2D eigenvalue weighted by molar-refractivity contribution is 5.88. The molecule has 1 saturated heterocycles. The fourth-order valence-electron chi connectivity index (χ4n) is 2.38. The van der Waals surface area contributed by atoms with Gasteiger partial charge in [0, 0.05) is 6.54 Å². The van der Waals surface area contributed by atoms with Crippen LogP contribution in [0, 0.1) is 17.6 Å². The van der Waals surface area contributed by atoms with Crippen LogP contribution in [0.1, 0.15) is 23.2 Å². The summed E-state index contributed by atoms with van der Waals surface area (Å²) in [6.07, 6.45) is 1.97. The summed E-state index contributed by atoms with van der Waals surface area (Å²) >= 11 is 0. The molecule has 0 radical (unpaired) electrons. The molecule has 6 heteroatoms. The lowest BCUT2D eigenvalue weighted by Gasteiger charge is -2.29. The van der Waals surface area contributed by atoms with Crippen LogP contribution < -0.4 is 5.32 Å². The van der Waals surface area contributed by atoms with Crippen LogP contribution >= 0.6 is 0 Å². The number of likely N-dealkylation sites (tertiary alicyclic amines) is 1. The van der Waals surface area contributed by atoms with E-state index in [0.29, 0.717) is 12.5 Å². The summed E-state index contributed by atoms with van der Waals surface area (Å²) in [5.41, 5.74) is -0.626. The first-order valence-electron chi connectivity index (χ1n) is 6.62. The van der Waals surface area contributed by atoms with Crippen molar-refractivity contribution in [2.45, 2.75) is 12.8 Å². The number of piperidine rings is 1. The highest BCUT2D eigenvalue weighted by atomic mass is 19.1. The fraction of sp³-hybridized carbons (Fsp3) is 0.500. The third-order valence-electron chi connectivity index (χ3n) is 3.69. The largest absolute Gasteiger partial charge is 0.478 e. The van der Waals surface area contributed by atoms with Gasteiger partial charge in [-0.3, -0.25) is 0 Å². The van der Waals surface area contributed by atoms with Gasteiger partial charge in [0.15, 0.2) is 0 Å². The number of hydrogen-bond acceptors (Lipinski definition) is 3. The van der Waals surface area contributed by atoms with Crippen molar-refractivity contribution in [3.8, 4) is 0 Å². The van der Waals surface area contributed by atoms with Gasteiger partial charge in [0.2, 0.25) is 0 Å². The van der Waals surface area contributed by atoms with Gasteiger partial charge in [-0.1, -0.05) is 0 Å². The van der Waals surface area contributed by atoms with Gasteiger partial charge >= 0.3 is 5.97 Å². The molecular weight excluding hydrogens is 266 g/mol. The minimum atomic E-state index is -1.34. The van der Waals surface area contributed by atoms with E-state index in [-0.39, 0.29) is 11.3 Å². The van der Waals surface area contributed by atoms with E-state index in [2.05, 4.69) is 10.2 Å². The second-order valence-corrected chi connectivity index (χ2v) is 5.25. The highest BCUT2D eigenvalue weighted by Crippen LogP contribution is 2.23. The summed E-state index contributed by atoms with van der Waals surface area (Å²) in [5.74, 6) is -2.69. The molecule has 20 heavy (non-hydrogen) atoms. The number of carbonyl (C=O) groups is 1. The quantitative estimate of drug-likeness (QED) is 0.891. The third kappa shape index (κ3) is 3.45. The Morgan fingerprint density at radius 2 is 1.90 bits per heavy atom. The predicted octanol–water partition coefficient (Wildman–Crippen LogP) is 2.42. The Labute approximate surface area is 116 Å². The van der Waals surface area contributed by atoms with Crippen LogP contribution in [0.25, 0.3) is 0 Å². The summed E-state index contributed by atoms with van der Waals surface area (Å²) in [6, 6.07) is 1.67. The zero-order valence-electron chi connectivity index (χ0n) is 11.3. The standard InChI is InChI=1S/C14H18F2N2O2/c1-18-4-2-9(3-5-18)8-17-13-11(15)6-10(14(19)20)7-12(13)16/h6-7,9,17H,2-5,8H2,1H3,(H,19,20). The number of aromatic carboxylic acids is 1. The molecule has 0 unspecified atom stereocenters. The predicted molar refractivity (Wildman–Crippen MR) is 72.0 cm³/mol. The molecular formula is C14H18F2N2O2. The second kappa shape index (κ2) is 6.17. The molecule has 0 saturated carbocycles. The number of carboxylic acids is 1. The maximum atomic E-state index is 13.7. The number of benzene rings is 1. The van der Waals surface area contributed by atoms with Crippen molar-refractivity contribution in [1.82, 2.24) is 4.90 Å². The van der Waals surface area contributed by atoms with E-state index in [1.54, 1.807) is 0 Å². The van der Waals surface area contributed by atoms with Gasteiger partial charge in [-0.15, -0.1) is 0 Å². The number of nitrogens with one attached hydrogen (secondary N) is 1. The summed E-state index contributed by atoms with van der Waals surface area (Å²) in [4.78, 5) is 12.9. The van der Waals surface area contributed by atoms with Crippen LogP contribution in [0.2, 0.25) is 0 Å². The van der Waals surface area contributed by atoms with Crippen molar-refractivity contribution in [3.05, 3.63) is 29.3 Å². The molecule has 2 N–H and O–H groups in total. The zero-order valence-corrected chi connectivity index (χ0v) is 11.3. The smallest absolute Gasteiger partial charge is 0.335 e. The summed E-state index contributed by atoms with van der Waals surface area (Å²) in [5, 5.41) is 11.5. The Bertz CT molecular complexity index is 477. The van der Waals surface area contributed by atoms with Crippen LogP contribution in [0.15, 0.2) is 12.1 Å².